The molecule has 3 aromatic rings. The number of carbonyl (C=O) groups excluding carboxylic acids is 1. The highest BCUT2D eigenvalue weighted by molar-refractivity contribution is 7.14. The summed E-state index contributed by atoms with van der Waals surface area (Å²) in [5, 5.41) is 18.2. The maximum atomic E-state index is 11.8. The van der Waals surface area contributed by atoms with E-state index in [-0.39, 0.29) is 12.3 Å². The van der Waals surface area contributed by atoms with E-state index in [1.807, 2.05) is 22.2 Å². The lowest BCUT2D eigenvalue weighted by Crippen LogP contribution is -2.34. The zero-order valence-corrected chi connectivity index (χ0v) is 12.4. The first-order valence-corrected chi connectivity index (χ1v) is 7.88. The summed E-state index contributed by atoms with van der Waals surface area (Å²) in [6.07, 6.45) is 1.26. The van der Waals surface area contributed by atoms with Crippen molar-refractivity contribution in [3.05, 3.63) is 63.2 Å². The Balaban J connectivity index is 1.66. The summed E-state index contributed by atoms with van der Waals surface area (Å²) in [5.74, 6) is -0.657. The fourth-order valence-corrected chi connectivity index (χ4v) is 3.21. The number of nitrogens with zero attached hydrogens (tertiary/aromatic N) is 2. The van der Waals surface area contributed by atoms with Crippen LogP contribution in [-0.2, 0) is 11.3 Å². The van der Waals surface area contributed by atoms with E-state index >= 15 is 0 Å². The van der Waals surface area contributed by atoms with E-state index in [4.69, 9.17) is 4.74 Å². The zero-order valence-electron chi connectivity index (χ0n) is 10.8. The fourth-order valence-electron chi connectivity index (χ4n) is 1.69. The van der Waals surface area contributed by atoms with Gasteiger partial charge in [-0.15, -0.1) is 11.3 Å². The standard InChI is InChI=1S/C14H10N2O3S2/c17-14(12-3-1-2-5-16(12)18)19-7-11-9-21-13(15-11)10-4-6-20-8-10/h1-6,8-9H,7H2. The first-order chi connectivity index (χ1) is 10.2. The molecular weight excluding hydrogens is 308 g/mol. The average molecular weight is 318 g/mol. The number of pyridine rings is 1. The van der Waals surface area contributed by atoms with Crippen LogP contribution in [0.1, 0.15) is 16.2 Å². The topological polar surface area (TPSA) is 66.1 Å². The number of hydrogen-bond donors (Lipinski definition) is 0. The predicted molar refractivity (Wildman–Crippen MR) is 79.9 cm³/mol. The first-order valence-electron chi connectivity index (χ1n) is 6.06. The Kier molecular flexibility index (Phi) is 3.94. The number of aromatic nitrogens is 2. The Labute approximate surface area is 128 Å². The summed E-state index contributed by atoms with van der Waals surface area (Å²) >= 11 is 3.10. The Hall–Kier alpha value is -2.25. The lowest BCUT2D eigenvalue weighted by molar-refractivity contribution is -0.608. The van der Waals surface area contributed by atoms with Crippen LogP contribution in [0.15, 0.2) is 46.6 Å². The lowest BCUT2D eigenvalue weighted by Gasteiger charge is -2.03. The fraction of sp³-hybridized carbons (Fsp3) is 0.0714. The summed E-state index contributed by atoms with van der Waals surface area (Å²) in [6, 6.07) is 6.58. The Morgan fingerprint density at radius 1 is 1.33 bits per heavy atom. The molecule has 0 atom stereocenters. The number of esters is 1. The van der Waals surface area contributed by atoms with Gasteiger partial charge in [-0.2, -0.15) is 16.1 Å². The van der Waals surface area contributed by atoms with Crippen molar-refractivity contribution in [1.82, 2.24) is 4.98 Å². The molecule has 0 saturated heterocycles. The minimum Gasteiger partial charge on any atom is -0.618 e. The monoisotopic (exact) mass is 318 g/mol. The molecule has 0 aliphatic carbocycles. The van der Waals surface area contributed by atoms with Gasteiger partial charge in [-0.3, -0.25) is 0 Å². The van der Waals surface area contributed by atoms with Crippen LogP contribution in [0, 0.1) is 5.21 Å². The van der Waals surface area contributed by atoms with Crippen LogP contribution >= 0.6 is 22.7 Å². The van der Waals surface area contributed by atoms with E-state index in [2.05, 4.69) is 4.98 Å². The van der Waals surface area contributed by atoms with Crippen LogP contribution in [0.3, 0.4) is 0 Å². The van der Waals surface area contributed by atoms with Crippen LogP contribution in [0.25, 0.3) is 10.6 Å². The average Bonchev–Trinajstić information content (AvgIpc) is 3.16. The van der Waals surface area contributed by atoms with Crippen LogP contribution in [0.5, 0.6) is 0 Å². The maximum Gasteiger partial charge on any atom is 0.405 e. The Morgan fingerprint density at radius 2 is 2.24 bits per heavy atom. The van der Waals surface area contributed by atoms with Gasteiger partial charge >= 0.3 is 11.7 Å². The van der Waals surface area contributed by atoms with Gasteiger partial charge in [0.1, 0.15) is 11.6 Å². The number of ether oxygens (including phenoxy) is 1. The lowest BCUT2D eigenvalue weighted by atomic mass is 10.3. The molecule has 0 aliphatic heterocycles. The third kappa shape index (κ3) is 3.09. The van der Waals surface area contributed by atoms with Crippen molar-refractivity contribution in [3.63, 3.8) is 0 Å². The van der Waals surface area contributed by atoms with Crippen molar-refractivity contribution in [3.8, 4) is 10.6 Å². The van der Waals surface area contributed by atoms with Gasteiger partial charge in [-0.05, 0) is 17.5 Å². The molecule has 106 valence electrons. The van der Waals surface area contributed by atoms with E-state index in [1.54, 1.807) is 23.5 Å². The summed E-state index contributed by atoms with van der Waals surface area (Å²) in [7, 11) is 0. The molecule has 0 amide bonds. The molecule has 0 aromatic carbocycles. The first kappa shape index (κ1) is 13.7. The van der Waals surface area contributed by atoms with Crippen LogP contribution in [-0.4, -0.2) is 11.0 Å². The van der Waals surface area contributed by atoms with E-state index in [0.29, 0.717) is 10.4 Å². The molecule has 0 spiro atoms. The summed E-state index contributed by atoms with van der Waals surface area (Å²) in [5.41, 5.74) is 1.69. The molecule has 3 heterocycles. The second kappa shape index (κ2) is 6.02. The number of thiophene rings is 1. The number of hydrogen-bond acceptors (Lipinski definition) is 6. The van der Waals surface area contributed by atoms with Crippen LogP contribution < -0.4 is 4.73 Å². The summed E-state index contributed by atoms with van der Waals surface area (Å²) < 4.78 is 5.60. The predicted octanol–water partition coefficient (Wildman–Crippen LogP) is 2.86. The van der Waals surface area contributed by atoms with Crippen LogP contribution in [0.2, 0.25) is 0 Å². The van der Waals surface area contributed by atoms with Crippen molar-refractivity contribution in [2.45, 2.75) is 6.61 Å². The van der Waals surface area contributed by atoms with Gasteiger partial charge in [-0.1, -0.05) is 0 Å². The quantitative estimate of drug-likeness (QED) is 0.421. The molecule has 0 radical (unpaired) electrons. The SMILES string of the molecule is O=C(OCc1csc(-c2ccsc2)n1)c1cccc[n+]1[O-]. The van der Waals surface area contributed by atoms with E-state index in [1.165, 1.54) is 23.6 Å². The van der Waals surface area contributed by atoms with Gasteiger partial charge in [-0.25, -0.2) is 9.78 Å². The molecule has 0 bridgehead atoms. The van der Waals surface area contributed by atoms with Crippen molar-refractivity contribution in [2.75, 3.05) is 0 Å². The molecule has 0 unspecified atom stereocenters. The third-order valence-electron chi connectivity index (χ3n) is 2.70. The molecule has 3 rings (SSSR count). The number of thiazole rings is 1. The van der Waals surface area contributed by atoms with Crippen molar-refractivity contribution in [1.29, 1.82) is 0 Å². The van der Waals surface area contributed by atoms with E-state index < -0.39 is 5.97 Å². The van der Waals surface area contributed by atoms with E-state index in [9.17, 15) is 10.0 Å². The van der Waals surface area contributed by atoms with Gasteiger partial charge in [0, 0.05) is 28.5 Å². The molecule has 7 heteroatoms. The molecule has 0 aliphatic rings. The molecular formula is C14H10N2O3S2. The highest BCUT2D eigenvalue weighted by Gasteiger charge is 2.17. The van der Waals surface area contributed by atoms with Gasteiger partial charge in [0.15, 0.2) is 6.20 Å². The van der Waals surface area contributed by atoms with Crippen molar-refractivity contribution < 1.29 is 14.3 Å². The van der Waals surface area contributed by atoms with E-state index in [0.717, 1.165) is 10.6 Å². The molecule has 0 N–H and O–H groups in total. The Morgan fingerprint density at radius 3 is 3.00 bits per heavy atom. The maximum absolute atomic E-state index is 11.8. The number of carbonyl (C=O) groups is 1. The summed E-state index contributed by atoms with van der Waals surface area (Å²) in [4.78, 5) is 16.2. The largest absolute Gasteiger partial charge is 0.618 e. The molecule has 21 heavy (non-hydrogen) atoms. The van der Waals surface area contributed by atoms with Gasteiger partial charge in [0.25, 0.3) is 0 Å². The molecule has 0 saturated carbocycles. The number of rotatable bonds is 4. The zero-order chi connectivity index (χ0) is 14.7. The highest BCUT2D eigenvalue weighted by atomic mass is 32.1. The minimum absolute atomic E-state index is 0.0363. The van der Waals surface area contributed by atoms with Crippen LogP contribution in [0.4, 0.5) is 0 Å². The second-order valence-corrected chi connectivity index (χ2v) is 5.78. The molecule has 0 fully saturated rings. The normalized spacial score (nSPS) is 10.5. The summed E-state index contributed by atoms with van der Waals surface area (Å²) in [6.45, 7) is 0.0500. The molecule has 3 aromatic heterocycles. The van der Waals surface area contributed by atoms with Crippen molar-refractivity contribution >= 4 is 28.6 Å². The highest BCUT2D eigenvalue weighted by Crippen LogP contribution is 2.25. The molecule has 5 nitrogen and oxygen atoms in total. The Bertz CT molecular complexity index is 753. The second-order valence-electron chi connectivity index (χ2n) is 4.14. The smallest absolute Gasteiger partial charge is 0.405 e. The van der Waals surface area contributed by atoms with Gasteiger partial charge < -0.3 is 9.94 Å². The van der Waals surface area contributed by atoms with Gasteiger partial charge in [0.05, 0.1) is 5.69 Å². The third-order valence-corrected chi connectivity index (χ3v) is 4.33. The van der Waals surface area contributed by atoms with Crippen molar-refractivity contribution in [2.24, 2.45) is 0 Å². The van der Waals surface area contributed by atoms with Gasteiger partial charge in [0.2, 0.25) is 0 Å². The minimum atomic E-state index is -0.657.